The van der Waals surface area contributed by atoms with Crippen LogP contribution in [0.1, 0.15) is 5.56 Å². The first kappa shape index (κ1) is 15.2. The molecule has 1 fully saturated rings. The fourth-order valence-corrected chi connectivity index (χ4v) is 2.78. The largest absolute Gasteiger partial charge is 0.496 e. The molecule has 1 heterocycles. The topological polar surface area (TPSA) is 32.8 Å². The number of ether oxygens (including phenoxy) is 1. The Balaban J connectivity index is 2.03. The summed E-state index contributed by atoms with van der Waals surface area (Å²) in [5.74, 6) is 0.569. The number of amides is 1. The Morgan fingerprint density at radius 1 is 1.04 bits per heavy atom. The summed E-state index contributed by atoms with van der Waals surface area (Å²) in [4.78, 5) is 16.1. The minimum absolute atomic E-state index is 0.144. The van der Waals surface area contributed by atoms with Crippen molar-refractivity contribution in [2.45, 2.75) is 0 Å². The first-order chi connectivity index (χ1) is 11.1. The average molecular weight is 324 g/mol. The highest BCUT2D eigenvalue weighted by Crippen LogP contribution is 2.29. The number of carbonyl (C=O) groups is 1. The molecule has 0 saturated carbocycles. The van der Waals surface area contributed by atoms with E-state index >= 15 is 0 Å². The summed E-state index contributed by atoms with van der Waals surface area (Å²) in [7, 11) is 3.41. The van der Waals surface area contributed by atoms with Gasteiger partial charge in [-0.1, -0.05) is 36.4 Å². The number of nitrogens with zero attached hydrogens (tertiary/aromatic N) is 2. The smallest absolute Gasteiger partial charge is 0.281 e. The third-order valence-electron chi connectivity index (χ3n) is 3.71. The quantitative estimate of drug-likeness (QED) is 0.641. The predicted molar refractivity (Wildman–Crippen MR) is 95.3 cm³/mol. The molecule has 4 nitrogen and oxygen atoms in total. The number of methoxy groups -OCH3 is 1. The lowest BCUT2D eigenvalue weighted by atomic mass is 10.1. The maximum absolute atomic E-state index is 12.8. The standard InChI is InChI=1S/C18H16N2O2S/c1-19-15(12-13-8-6-7-11-16(13)22-2)17(21)20(18(19)23)14-9-4-3-5-10-14/h3-12H,1-2H3/b15-12-. The highest BCUT2D eigenvalue weighted by Gasteiger charge is 2.36. The second-order valence-electron chi connectivity index (χ2n) is 5.09. The fraction of sp³-hybridized carbons (Fsp3) is 0.111. The molecule has 0 atom stereocenters. The molecule has 0 radical (unpaired) electrons. The molecule has 116 valence electrons. The molecule has 5 heteroatoms. The Morgan fingerprint density at radius 2 is 1.70 bits per heavy atom. The molecule has 1 saturated heterocycles. The van der Waals surface area contributed by atoms with Crippen molar-refractivity contribution >= 4 is 35.0 Å². The number of thiocarbonyl (C=S) groups is 1. The zero-order chi connectivity index (χ0) is 16.4. The van der Waals surface area contributed by atoms with Crippen molar-refractivity contribution in [2.24, 2.45) is 0 Å². The Labute approximate surface area is 140 Å². The van der Waals surface area contributed by atoms with Crippen molar-refractivity contribution in [3.8, 4) is 5.75 Å². The van der Waals surface area contributed by atoms with Gasteiger partial charge in [0, 0.05) is 12.6 Å². The Morgan fingerprint density at radius 3 is 2.39 bits per heavy atom. The van der Waals surface area contributed by atoms with Crippen LogP contribution in [0.3, 0.4) is 0 Å². The van der Waals surface area contributed by atoms with E-state index in [0.717, 1.165) is 11.3 Å². The van der Waals surface area contributed by atoms with E-state index in [0.29, 0.717) is 16.6 Å². The van der Waals surface area contributed by atoms with Crippen molar-refractivity contribution in [1.29, 1.82) is 0 Å². The van der Waals surface area contributed by atoms with Crippen LogP contribution in [0.4, 0.5) is 5.69 Å². The van der Waals surface area contributed by atoms with Gasteiger partial charge < -0.3 is 9.64 Å². The maximum atomic E-state index is 12.8. The van der Waals surface area contributed by atoms with E-state index < -0.39 is 0 Å². The molecule has 1 amide bonds. The van der Waals surface area contributed by atoms with E-state index in [1.54, 1.807) is 25.1 Å². The molecule has 0 spiro atoms. The van der Waals surface area contributed by atoms with Gasteiger partial charge in [-0.3, -0.25) is 9.69 Å². The van der Waals surface area contributed by atoms with Gasteiger partial charge >= 0.3 is 0 Å². The first-order valence-electron chi connectivity index (χ1n) is 7.15. The molecule has 0 aliphatic carbocycles. The van der Waals surface area contributed by atoms with Gasteiger partial charge in [0.1, 0.15) is 11.4 Å². The summed E-state index contributed by atoms with van der Waals surface area (Å²) >= 11 is 5.44. The van der Waals surface area contributed by atoms with E-state index in [2.05, 4.69) is 0 Å². The molecule has 23 heavy (non-hydrogen) atoms. The highest BCUT2D eigenvalue weighted by atomic mass is 32.1. The van der Waals surface area contributed by atoms with Gasteiger partial charge in [-0.05, 0) is 36.5 Å². The van der Waals surface area contributed by atoms with E-state index in [1.807, 2.05) is 54.6 Å². The van der Waals surface area contributed by atoms with E-state index in [1.165, 1.54) is 4.90 Å². The van der Waals surface area contributed by atoms with Crippen molar-refractivity contribution in [3.05, 3.63) is 65.9 Å². The number of hydrogen-bond donors (Lipinski definition) is 0. The van der Waals surface area contributed by atoms with Crippen LogP contribution in [0.25, 0.3) is 6.08 Å². The maximum Gasteiger partial charge on any atom is 0.281 e. The highest BCUT2D eigenvalue weighted by molar-refractivity contribution is 7.80. The lowest BCUT2D eigenvalue weighted by Crippen LogP contribution is -2.30. The van der Waals surface area contributed by atoms with Crippen LogP contribution in [-0.4, -0.2) is 30.1 Å². The van der Waals surface area contributed by atoms with Gasteiger partial charge in [-0.2, -0.15) is 0 Å². The fourth-order valence-electron chi connectivity index (χ4n) is 2.49. The first-order valence-corrected chi connectivity index (χ1v) is 7.56. The normalized spacial score (nSPS) is 16.3. The zero-order valence-corrected chi connectivity index (χ0v) is 13.7. The van der Waals surface area contributed by atoms with Crippen LogP contribution in [0.15, 0.2) is 60.3 Å². The molecule has 1 aliphatic heterocycles. The van der Waals surface area contributed by atoms with Crippen molar-refractivity contribution in [1.82, 2.24) is 4.90 Å². The van der Waals surface area contributed by atoms with Gasteiger partial charge in [0.25, 0.3) is 5.91 Å². The zero-order valence-electron chi connectivity index (χ0n) is 12.9. The predicted octanol–water partition coefficient (Wildman–Crippen LogP) is 3.30. The van der Waals surface area contributed by atoms with E-state index in [9.17, 15) is 4.79 Å². The monoisotopic (exact) mass is 324 g/mol. The van der Waals surface area contributed by atoms with Crippen molar-refractivity contribution in [3.63, 3.8) is 0 Å². The van der Waals surface area contributed by atoms with Gasteiger partial charge in [0.15, 0.2) is 5.11 Å². The summed E-state index contributed by atoms with van der Waals surface area (Å²) < 4.78 is 5.34. The van der Waals surface area contributed by atoms with Crippen molar-refractivity contribution in [2.75, 3.05) is 19.1 Å². The molecule has 3 rings (SSSR count). The third-order valence-corrected chi connectivity index (χ3v) is 4.16. The van der Waals surface area contributed by atoms with Crippen molar-refractivity contribution < 1.29 is 9.53 Å². The number of rotatable bonds is 3. The minimum atomic E-state index is -0.144. The molecule has 0 N–H and O–H groups in total. The molecule has 0 bridgehead atoms. The van der Waals surface area contributed by atoms with Gasteiger partial charge in [0.05, 0.1) is 12.8 Å². The number of likely N-dealkylation sites (N-methyl/N-ethyl adjacent to an activating group) is 1. The van der Waals surface area contributed by atoms with Crippen LogP contribution in [0.2, 0.25) is 0 Å². The molecule has 2 aromatic rings. The van der Waals surface area contributed by atoms with Crippen LogP contribution >= 0.6 is 12.2 Å². The number of anilines is 1. The summed E-state index contributed by atoms with van der Waals surface area (Å²) in [5.41, 5.74) is 2.11. The molecule has 0 unspecified atom stereocenters. The molecule has 0 aromatic heterocycles. The minimum Gasteiger partial charge on any atom is -0.496 e. The molecule has 1 aliphatic rings. The number of para-hydroxylation sites is 2. The summed E-state index contributed by atoms with van der Waals surface area (Å²) in [6.07, 6.45) is 1.80. The lowest BCUT2D eigenvalue weighted by Gasteiger charge is -2.16. The van der Waals surface area contributed by atoms with E-state index in [-0.39, 0.29) is 5.91 Å². The Hall–Kier alpha value is -2.66. The second-order valence-corrected chi connectivity index (χ2v) is 5.45. The third kappa shape index (κ3) is 2.71. The summed E-state index contributed by atoms with van der Waals surface area (Å²) in [6, 6.07) is 17.0. The van der Waals surface area contributed by atoms with Crippen LogP contribution in [0.5, 0.6) is 5.75 Å². The SMILES string of the molecule is COc1ccccc1/C=C1/C(=O)N(c2ccccc2)C(=S)N1C. The van der Waals surface area contributed by atoms with Crippen LogP contribution in [-0.2, 0) is 4.79 Å². The number of benzene rings is 2. The van der Waals surface area contributed by atoms with Crippen LogP contribution < -0.4 is 9.64 Å². The number of hydrogen-bond acceptors (Lipinski definition) is 3. The molecular formula is C18H16N2O2S. The second kappa shape index (κ2) is 6.22. The lowest BCUT2D eigenvalue weighted by molar-refractivity contribution is -0.114. The van der Waals surface area contributed by atoms with E-state index in [4.69, 9.17) is 17.0 Å². The van der Waals surface area contributed by atoms with Gasteiger partial charge in [-0.25, -0.2) is 0 Å². The van der Waals surface area contributed by atoms with Crippen LogP contribution in [0, 0.1) is 0 Å². The van der Waals surface area contributed by atoms with Gasteiger partial charge in [-0.15, -0.1) is 0 Å². The Bertz CT molecular complexity index is 787. The summed E-state index contributed by atoms with van der Waals surface area (Å²) in [6.45, 7) is 0. The Kier molecular flexibility index (Phi) is 4.12. The molecular weight excluding hydrogens is 308 g/mol. The summed E-state index contributed by atoms with van der Waals surface area (Å²) in [5, 5.41) is 0.461. The average Bonchev–Trinajstić information content (AvgIpc) is 2.80. The molecule has 2 aromatic carbocycles. The number of carbonyl (C=O) groups excluding carboxylic acids is 1. The van der Waals surface area contributed by atoms with Gasteiger partial charge in [0.2, 0.25) is 0 Å².